The molecule has 0 spiro atoms. The number of ether oxygens (including phenoxy) is 3. The second-order valence-corrected chi connectivity index (χ2v) is 7.50. The Labute approximate surface area is 167 Å². The summed E-state index contributed by atoms with van der Waals surface area (Å²) in [6.45, 7) is 6.89. The Balaban J connectivity index is 1.97. The van der Waals surface area contributed by atoms with Gasteiger partial charge in [0.1, 0.15) is 0 Å². The van der Waals surface area contributed by atoms with Crippen LogP contribution >= 0.6 is 0 Å². The fourth-order valence-electron chi connectivity index (χ4n) is 3.38. The lowest BCUT2D eigenvalue weighted by Gasteiger charge is -2.28. The fourth-order valence-corrected chi connectivity index (χ4v) is 3.38. The monoisotopic (exact) mass is 383 g/mol. The number of nitrogens with zero attached hydrogens (tertiary/aromatic N) is 1. The number of benzene rings is 1. The lowest BCUT2D eigenvalue weighted by Crippen LogP contribution is -2.20. The van der Waals surface area contributed by atoms with Crippen LogP contribution in [0, 0.1) is 11.8 Å². The molecule has 1 aliphatic carbocycles. The predicted octanol–water partition coefficient (Wildman–Crippen LogP) is 4.76. The van der Waals surface area contributed by atoms with E-state index in [0.717, 1.165) is 17.0 Å². The highest BCUT2D eigenvalue weighted by Gasteiger charge is 2.24. The Kier molecular flexibility index (Phi) is 6.12. The van der Waals surface area contributed by atoms with Gasteiger partial charge in [-0.1, -0.05) is 25.1 Å². The quantitative estimate of drug-likeness (QED) is 0.502. The van der Waals surface area contributed by atoms with Crippen molar-refractivity contribution in [1.82, 2.24) is 4.90 Å². The first-order valence-electron chi connectivity index (χ1n) is 9.70. The van der Waals surface area contributed by atoms with Crippen LogP contribution < -0.4 is 9.47 Å². The van der Waals surface area contributed by atoms with Gasteiger partial charge in [0.15, 0.2) is 11.5 Å². The molecule has 1 saturated carbocycles. The predicted molar refractivity (Wildman–Crippen MR) is 110 cm³/mol. The van der Waals surface area contributed by atoms with Gasteiger partial charge in [0.2, 0.25) is 0 Å². The third kappa shape index (κ3) is 4.58. The van der Waals surface area contributed by atoms with E-state index in [9.17, 15) is 4.79 Å². The molecule has 1 aromatic carbocycles. The fraction of sp³-hybridized carbons (Fsp3) is 0.435. The molecule has 0 saturated heterocycles. The van der Waals surface area contributed by atoms with Gasteiger partial charge in [-0.15, -0.1) is 0 Å². The maximum Gasteiger partial charge on any atom is 0.339 e. The molecule has 3 rings (SSSR count). The van der Waals surface area contributed by atoms with Gasteiger partial charge < -0.3 is 19.1 Å². The second-order valence-electron chi connectivity index (χ2n) is 7.50. The van der Waals surface area contributed by atoms with Crippen molar-refractivity contribution < 1.29 is 19.0 Å². The average Bonchev–Trinajstić information content (AvgIpc) is 3.49. The summed E-state index contributed by atoms with van der Waals surface area (Å²) < 4.78 is 16.4. The zero-order chi connectivity index (χ0) is 20.3. The highest BCUT2D eigenvalue weighted by Crippen LogP contribution is 2.35. The van der Waals surface area contributed by atoms with Gasteiger partial charge in [0.25, 0.3) is 0 Å². The molecule has 150 valence electrons. The standard InChI is InChI=1S/C23H29NO4/c1-15-10-16(2)24(17(3)11-15)13-20(23(25)27-5)19-8-9-21(26-4)22(12-19)28-14-18-6-7-18/h8-13,15,18H,6-7,14H2,1-5H3/b20-13-. The summed E-state index contributed by atoms with van der Waals surface area (Å²) in [5.41, 5.74) is 3.36. The minimum atomic E-state index is -0.391. The normalized spacial score (nSPS) is 17.8. The number of allylic oxidation sites excluding steroid dienone is 4. The zero-order valence-electron chi connectivity index (χ0n) is 17.3. The molecule has 2 aliphatic rings. The molecule has 0 radical (unpaired) electrons. The molecule has 0 N–H and O–H groups in total. The zero-order valence-corrected chi connectivity index (χ0v) is 17.3. The van der Waals surface area contributed by atoms with Gasteiger partial charge in [-0.2, -0.15) is 0 Å². The molecule has 0 bridgehead atoms. The maximum atomic E-state index is 12.6. The molecule has 5 nitrogen and oxygen atoms in total. The van der Waals surface area contributed by atoms with E-state index < -0.39 is 5.97 Å². The van der Waals surface area contributed by atoms with E-state index in [1.54, 1.807) is 7.11 Å². The number of carbonyl (C=O) groups is 1. The van der Waals surface area contributed by atoms with Gasteiger partial charge in [0, 0.05) is 17.6 Å². The number of carbonyl (C=O) groups excluding carboxylic acids is 1. The van der Waals surface area contributed by atoms with Crippen LogP contribution in [0.25, 0.3) is 5.57 Å². The molecule has 0 unspecified atom stereocenters. The minimum Gasteiger partial charge on any atom is -0.493 e. The van der Waals surface area contributed by atoms with Crippen molar-refractivity contribution in [3.63, 3.8) is 0 Å². The first-order chi connectivity index (χ1) is 13.4. The van der Waals surface area contributed by atoms with E-state index in [2.05, 4.69) is 19.1 Å². The lowest BCUT2D eigenvalue weighted by atomic mass is 10.0. The Morgan fingerprint density at radius 1 is 1.14 bits per heavy atom. The van der Waals surface area contributed by atoms with E-state index in [1.807, 2.05) is 43.1 Å². The SMILES string of the molecule is COC(=O)/C(=C\N1C(C)=CC(C)C=C1C)c1ccc(OC)c(OCC2CC2)c1. The number of methoxy groups -OCH3 is 2. The highest BCUT2D eigenvalue weighted by atomic mass is 16.5. The molecule has 1 heterocycles. The molecule has 1 aromatic rings. The molecule has 1 aliphatic heterocycles. The number of esters is 1. The van der Waals surface area contributed by atoms with Crippen LogP contribution in [-0.4, -0.2) is 31.7 Å². The van der Waals surface area contributed by atoms with Crippen molar-refractivity contribution >= 4 is 11.5 Å². The van der Waals surface area contributed by atoms with Gasteiger partial charge in [-0.25, -0.2) is 4.79 Å². The molecule has 28 heavy (non-hydrogen) atoms. The third-order valence-electron chi connectivity index (χ3n) is 5.08. The summed E-state index contributed by atoms with van der Waals surface area (Å²) in [6, 6.07) is 5.54. The summed E-state index contributed by atoms with van der Waals surface area (Å²) in [6.07, 6.45) is 8.58. The van der Waals surface area contributed by atoms with Crippen LogP contribution in [0.4, 0.5) is 0 Å². The molecule has 0 aromatic heterocycles. The molecule has 0 amide bonds. The largest absolute Gasteiger partial charge is 0.493 e. The van der Waals surface area contributed by atoms with Crippen molar-refractivity contribution in [2.24, 2.45) is 11.8 Å². The average molecular weight is 383 g/mol. The first kappa shape index (κ1) is 20.1. The van der Waals surface area contributed by atoms with E-state index >= 15 is 0 Å². The summed E-state index contributed by atoms with van der Waals surface area (Å²) in [5.74, 6) is 1.91. The van der Waals surface area contributed by atoms with Crippen molar-refractivity contribution in [2.75, 3.05) is 20.8 Å². The molecule has 1 fully saturated rings. The van der Waals surface area contributed by atoms with Gasteiger partial charge in [-0.05, 0) is 56.2 Å². The number of hydrogen-bond acceptors (Lipinski definition) is 5. The van der Waals surface area contributed by atoms with Crippen molar-refractivity contribution in [3.05, 3.63) is 53.5 Å². The highest BCUT2D eigenvalue weighted by molar-refractivity contribution is 6.16. The van der Waals surface area contributed by atoms with Gasteiger partial charge in [0.05, 0.1) is 26.4 Å². The number of rotatable bonds is 7. The van der Waals surface area contributed by atoms with Crippen LogP contribution in [0.5, 0.6) is 11.5 Å². The molecular formula is C23H29NO4. The van der Waals surface area contributed by atoms with Crippen LogP contribution in [0.1, 0.15) is 39.2 Å². The number of hydrogen-bond donors (Lipinski definition) is 0. The van der Waals surface area contributed by atoms with Crippen molar-refractivity contribution in [1.29, 1.82) is 0 Å². The maximum absolute atomic E-state index is 12.6. The van der Waals surface area contributed by atoms with Crippen LogP contribution in [0.3, 0.4) is 0 Å². The van der Waals surface area contributed by atoms with Crippen LogP contribution in [0.15, 0.2) is 47.9 Å². The van der Waals surface area contributed by atoms with Gasteiger partial charge >= 0.3 is 5.97 Å². The summed E-state index contributed by atoms with van der Waals surface area (Å²) in [7, 11) is 3.02. The second kappa shape index (κ2) is 8.55. The summed E-state index contributed by atoms with van der Waals surface area (Å²) >= 11 is 0. The first-order valence-corrected chi connectivity index (χ1v) is 9.70. The third-order valence-corrected chi connectivity index (χ3v) is 5.08. The van der Waals surface area contributed by atoms with Gasteiger partial charge in [-0.3, -0.25) is 0 Å². The lowest BCUT2D eigenvalue weighted by molar-refractivity contribution is -0.133. The molecule has 0 atom stereocenters. The molecular weight excluding hydrogens is 354 g/mol. The van der Waals surface area contributed by atoms with Crippen molar-refractivity contribution in [3.8, 4) is 11.5 Å². The Morgan fingerprint density at radius 3 is 2.39 bits per heavy atom. The Morgan fingerprint density at radius 2 is 1.82 bits per heavy atom. The topological polar surface area (TPSA) is 48.0 Å². The van der Waals surface area contributed by atoms with E-state index in [4.69, 9.17) is 14.2 Å². The summed E-state index contributed by atoms with van der Waals surface area (Å²) in [4.78, 5) is 14.6. The van der Waals surface area contributed by atoms with Crippen LogP contribution in [0.2, 0.25) is 0 Å². The van der Waals surface area contributed by atoms with E-state index in [-0.39, 0.29) is 0 Å². The van der Waals surface area contributed by atoms with E-state index in [1.165, 1.54) is 20.0 Å². The molecule has 5 heteroatoms. The minimum absolute atomic E-state index is 0.370. The Hall–Kier alpha value is -2.69. The Bertz CT molecular complexity index is 813. The summed E-state index contributed by atoms with van der Waals surface area (Å²) in [5, 5.41) is 0. The smallest absolute Gasteiger partial charge is 0.339 e. The van der Waals surface area contributed by atoms with Crippen LogP contribution in [-0.2, 0) is 9.53 Å². The van der Waals surface area contributed by atoms with E-state index in [0.29, 0.717) is 35.5 Å². The van der Waals surface area contributed by atoms with Crippen molar-refractivity contribution in [2.45, 2.75) is 33.6 Å².